The number of ether oxygens (including phenoxy) is 1. The van der Waals surface area contributed by atoms with Crippen molar-refractivity contribution in [3.63, 3.8) is 0 Å². The van der Waals surface area contributed by atoms with Gasteiger partial charge in [0.2, 0.25) is 0 Å². The number of anilines is 1. The van der Waals surface area contributed by atoms with Crippen LogP contribution in [0.5, 0.6) is 0 Å². The molecule has 2 aromatic heterocycles. The van der Waals surface area contributed by atoms with E-state index in [4.69, 9.17) is 21.3 Å². The number of nitrogens with zero attached hydrogens (tertiary/aromatic N) is 5. The molecule has 2 aromatic rings. The number of nitrogens with one attached hydrogen (secondary N) is 1. The number of pyridine rings is 1. The molecule has 168 valence electrons. The fourth-order valence-corrected chi connectivity index (χ4v) is 5.10. The maximum absolute atomic E-state index is 15.0. The minimum atomic E-state index is -1.02. The van der Waals surface area contributed by atoms with Crippen LogP contribution < -0.4 is 5.32 Å². The van der Waals surface area contributed by atoms with Gasteiger partial charge in [0.15, 0.2) is 0 Å². The molecular weight excluding hydrogens is 431 g/mol. The van der Waals surface area contributed by atoms with Crippen LogP contribution in [-0.2, 0) is 17.6 Å². The minimum Gasteiger partial charge on any atom is -0.385 e. The van der Waals surface area contributed by atoms with Crippen LogP contribution in [0.2, 0.25) is 5.15 Å². The Labute approximate surface area is 191 Å². The van der Waals surface area contributed by atoms with E-state index in [9.17, 15) is 5.26 Å². The van der Waals surface area contributed by atoms with E-state index >= 15 is 4.39 Å². The Morgan fingerprint density at radius 3 is 2.94 bits per heavy atom. The number of fused-ring (bicyclic) bond motifs is 1. The summed E-state index contributed by atoms with van der Waals surface area (Å²) in [6, 6.07) is 4.21. The summed E-state index contributed by atoms with van der Waals surface area (Å²) >= 11 is 6.68. The average molecular weight is 457 g/mol. The van der Waals surface area contributed by atoms with E-state index in [2.05, 4.69) is 21.4 Å². The molecule has 0 bridgehead atoms. The SMILES string of the molecule is CCNc1cc(Cc2cnn(C3CCN(C4COC4)C[C@@H]3F)c2Cl)nc2c1C(C#N)=CC2. The second kappa shape index (κ2) is 8.81. The summed E-state index contributed by atoms with van der Waals surface area (Å²) in [5, 5.41) is 17.7. The zero-order chi connectivity index (χ0) is 22.2. The van der Waals surface area contributed by atoms with Crippen molar-refractivity contribution in [1.82, 2.24) is 19.7 Å². The van der Waals surface area contributed by atoms with Crippen molar-refractivity contribution in [3.8, 4) is 6.07 Å². The van der Waals surface area contributed by atoms with Crippen LogP contribution in [0.3, 0.4) is 0 Å². The number of allylic oxidation sites excluding steroid dienone is 2. The summed E-state index contributed by atoms with van der Waals surface area (Å²) in [7, 11) is 0. The third kappa shape index (κ3) is 3.79. The Kier molecular flexibility index (Phi) is 5.89. The molecule has 0 spiro atoms. The van der Waals surface area contributed by atoms with Crippen molar-refractivity contribution < 1.29 is 9.13 Å². The van der Waals surface area contributed by atoms with Gasteiger partial charge >= 0.3 is 0 Å². The van der Waals surface area contributed by atoms with Gasteiger partial charge in [-0.3, -0.25) is 9.88 Å². The largest absolute Gasteiger partial charge is 0.385 e. The van der Waals surface area contributed by atoms with Crippen molar-refractivity contribution in [2.24, 2.45) is 0 Å². The Hall–Kier alpha value is -2.47. The van der Waals surface area contributed by atoms with E-state index in [1.54, 1.807) is 10.9 Å². The maximum atomic E-state index is 15.0. The molecule has 0 aromatic carbocycles. The predicted molar refractivity (Wildman–Crippen MR) is 120 cm³/mol. The van der Waals surface area contributed by atoms with Gasteiger partial charge in [-0.25, -0.2) is 9.07 Å². The summed E-state index contributed by atoms with van der Waals surface area (Å²) in [5.41, 5.74) is 5.05. The van der Waals surface area contributed by atoms with E-state index in [0.717, 1.165) is 41.3 Å². The van der Waals surface area contributed by atoms with E-state index in [1.165, 1.54) is 0 Å². The first-order valence-corrected chi connectivity index (χ1v) is 11.5. The van der Waals surface area contributed by atoms with Crippen LogP contribution in [0.25, 0.3) is 5.57 Å². The fraction of sp³-hybridized carbons (Fsp3) is 0.522. The van der Waals surface area contributed by atoms with Crippen molar-refractivity contribution in [2.45, 2.75) is 44.4 Å². The van der Waals surface area contributed by atoms with Gasteiger partial charge in [0.1, 0.15) is 11.3 Å². The second-order valence-corrected chi connectivity index (χ2v) is 8.95. The van der Waals surface area contributed by atoms with Crippen LogP contribution in [0, 0.1) is 11.3 Å². The number of alkyl halides is 1. The van der Waals surface area contributed by atoms with Gasteiger partial charge in [-0.1, -0.05) is 17.7 Å². The van der Waals surface area contributed by atoms with Crippen molar-refractivity contribution in [2.75, 3.05) is 38.2 Å². The van der Waals surface area contributed by atoms with E-state index in [1.807, 2.05) is 19.1 Å². The molecule has 2 atom stereocenters. The van der Waals surface area contributed by atoms with Gasteiger partial charge in [0.25, 0.3) is 0 Å². The third-order valence-corrected chi connectivity index (χ3v) is 6.99. The second-order valence-electron chi connectivity index (χ2n) is 8.59. The molecule has 2 saturated heterocycles. The number of likely N-dealkylation sites (tertiary alicyclic amines) is 1. The molecule has 1 N–H and O–H groups in total. The van der Waals surface area contributed by atoms with Gasteiger partial charge < -0.3 is 10.1 Å². The zero-order valence-electron chi connectivity index (χ0n) is 18.0. The summed E-state index contributed by atoms with van der Waals surface area (Å²) in [6.45, 7) is 5.36. The van der Waals surface area contributed by atoms with Gasteiger partial charge in [-0.2, -0.15) is 10.4 Å². The topological polar surface area (TPSA) is 79.0 Å². The molecule has 1 unspecified atom stereocenters. The lowest BCUT2D eigenvalue weighted by atomic mass is 10.0. The normalized spacial score (nSPS) is 23.4. The van der Waals surface area contributed by atoms with Crippen molar-refractivity contribution >= 4 is 22.9 Å². The molecule has 9 heteroatoms. The summed E-state index contributed by atoms with van der Waals surface area (Å²) < 4.78 is 21.9. The lowest BCUT2D eigenvalue weighted by Gasteiger charge is -2.42. The molecule has 1 aliphatic carbocycles. The lowest BCUT2D eigenvalue weighted by molar-refractivity contribution is -0.0847. The van der Waals surface area contributed by atoms with Crippen LogP contribution in [0.4, 0.5) is 10.1 Å². The minimum absolute atomic E-state index is 0.339. The smallest absolute Gasteiger partial charge is 0.135 e. The maximum Gasteiger partial charge on any atom is 0.135 e. The average Bonchev–Trinajstić information content (AvgIpc) is 3.31. The van der Waals surface area contributed by atoms with Crippen LogP contribution in [0.1, 0.15) is 41.9 Å². The highest BCUT2D eigenvalue weighted by Gasteiger charge is 2.37. The van der Waals surface area contributed by atoms with Gasteiger partial charge in [0, 0.05) is 55.0 Å². The van der Waals surface area contributed by atoms with Gasteiger partial charge in [0.05, 0.1) is 48.8 Å². The molecular formula is C23H26ClFN6O. The molecule has 0 amide bonds. The monoisotopic (exact) mass is 456 g/mol. The first-order chi connectivity index (χ1) is 15.6. The third-order valence-electron chi connectivity index (χ3n) is 6.57. The Bertz CT molecular complexity index is 1090. The Balaban J connectivity index is 1.34. The number of rotatable bonds is 6. The number of hydrogen-bond donors (Lipinski definition) is 1. The molecule has 7 nitrogen and oxygen atoms in total. The first kappa shape index (κ1) is 21.4. The Morgan fingerprint density at radius 1 is 1.41 bits per heavy atom. The predicted octanol–water partition coefficient (Wildman–Crippen LogP) is 3.40. The highest BCUT2D eigenvalue weighted by molar-refractivity contribution is 6.30. The summed E-state index contributed by atoms with van der Waals surface area (Å²) in [6.07, 6.45) is 4.43. The Morgan fingerprint density at radius 2 is 2.25 bits per heavy atom. The molecule has 0 saturated carbocycles. The molecule has 4 heterocycles. The van der Waals surface area contributed by atoms with Crippen molar-refractivity contribution in [1.29, 1.82) is 5.26 Å². The van der Waals surface area contributed by atoms with E-state index in [0.29, 0.717) is 55.8 Å². The zero-order valence-corrected chi connectivity index (χ0v) is 18.8. The van der Waals surface area contributed by atoms with Crippen LogP contribution in [0.15, 0.2) is 18.3 Å². The molecule has 5 rings (SSSR count). The van der Waals surface area contributed by atoms with Gasteiger partial charge in [-0.15, -0.1) is 0 Å². The van der Waals surface area contributed by atoms with Crippen LogP contribution in [-0.4, -0.2) is 64.7 Å². The summed E-state index contributed by atoms with van der Waals surface area (Å²) in [5.74, 6) is 0. The lowest BCUT2D eigenvalue weighted by Crippen LogP contribution is -2.55. The quantitative estimate of drug-likeness (QED) is 0.717. The molecule has 32 heavy (non-hydrogen) atoms. The van der Waals surface area contributed by atoms with E-state index < -0.39 is 6.17 Å². The number of aromatic nitrogens is 3. The van der Waals surface area contributed by atoms with Crippen molar-refractivity contribution in [3.05, 3.63) is 46.0 Å². The molecule has 0 radical (unpaired) electrons. The van der Waals surface area contributed by atoms with Gasteiger partial charge in [-0.05, 0) is 19.4 Å². The number of hydrogen-bond acceptors (Lipinski definition) is 6. The highest BCUT2D eigenvalue weighted by atomic mass is 35.5. The number of nitriles is 1. The highest BCUT2D eigenvalue weighted by Crippen LogP contribution is 2.35. The van der Waals surface area contributed by atoms with E-state index in [-0.39, 0.29) is 6.04 Å². The first-order valence-electron chi connectivity index (χ1n) is 11.1. The van der Waals surface area contributed by atoms with Crippen LogP contribution >= 0.6 is 11.6 Å². The summed E-state index contributed by atoms with van der Waals surface area (Å²) in [4.78, 5) is 6.95. The fourth-order valence-electron chi connectivity index (χ4n) is 4.81. The number of piperidine rings is 1. The number of halogens is 2. The molecule has 2 fully saturated rings. The molecule has 2 aliphatic heterocycles. The molecule has 3 aliphatic rings. The standard InChI is InChI=1S/C23H26ClFN6O/c1-2-27-20-8-16(29-19-4-3-14(9-26)22(19)20)7-15-10-28-31(23(15)24)21-5-6-30(11-18(21)25)17-12-32-13-17/h3,8,10,17-18,21H,2,4-7,11-13H2,1H3,(H,27,29)/t18-,21?/m0/s1.